The van der Waals surface area contributed by atoms with Gasteiger partial charge in [0.15, 0.2) is 0 Å². The third-order valence-electron chi connectivity index (χ3n) is 3.60. The van der Waals surface area contributed by atoms with Crippen molar-refractivity contribution in [3.05, 3.63) is 11.3 Å². The summed E-state index contributed by atoms with van der Waals surface area (Å²) in [5.74, 6) is 0.958. The summed E-state index contributed by atoms with van der Waals surface area (Å²) in [6.45, 7) is 4.20. The highest BCUT2D eigenvalue weighted by Gasteiger charge is 2.30. The van der Waals surface area contributed by atoms with Crippen LogP contribution in [0.25, 0.3) is 0 Å². The van der Waals surface area contributed by atoms with Crippen LogP contribution in [-0.4, -0.2) is 20.3 Å². The van der Waals surface area contributed by atoms with E-state index in [4.69, 9.17) is 18.0 Å². The van der Waals surface area contributed by atoms with Crippen LogP contribution in [0.3, 0.4) is 0 Å². The van der Waals surface area contributed by atoms with Crippen molar-refractivity contribution in [2.45, 2.75) is 45.1 Å². The summed E-state index contributed by atoms with van der Waals surface area (Å²) < 4.78 is 1.84. The van der Waals surface area contributed by atoms with Crippen LogP contribution in [-0.2, 0) is 7.05 Å². The molecule has 1 aliphatic carbocycles. The monoisotopic (exact) mass is 252 g/mol. The molecule has 17 heavy (non-hydrogen) atoms. The van der Waals surface area contributed by atoms with Gasteiger partial charge >= 0.3 is 0 Å². The molecule has 0 radical (unpaired) electrons. The standard InChI is InChI=1S/C12H20N4S/c1-8-9(10(13)17)11(16(3)15-8)14-12(2)6-4-5-7-12/h14H,4-7H2,1-3H3,(H2,13,17). The van der Waals surface area contributed by atoms with Gasteiger partial charge in [-0.3, -0.25) is 4.68 Å². The second-order valence-corrected chi connectivity index (χ2v) is 5.63. The van der Waals surface area contributed by atoms with Gasteiger partial charge < -0.3 is 11.1 Å². The van der Waals surface area contributed by atoms with Crippen molar-refractivity contribution in [3.8, 4) is 0 Å². The highest BCUT2D eigenvalue weighted by atomic mass is 32.1. The maximum Gasteiger partial charge on any atom is 0.134 e. The molecule has 0 saturated heterocycles. The van der Waals surface area contributed by atoms with E-state index in [1.54, 1.807) is 0 Å². The second kappa shape index (κ2) is 4.29. The molecule has 2 rings (SSSR count). The smallest absolute Gasteiger partial charge is 0.134 e. The Labute approximate surface area is 108 Å². The molecular formula is C12H20N4S. The van der Waals surface area contributed by atoms with Crippen LogP contribution in [0, 0.1) is 6.92 Å². The molecule has 94 valence electrons. The predicted molar refractivity (Wildman–Crippen MR) is 74.3 cm³/mol. The van der Waals surface area contributed by atoms with E-state index in [2.05, 4.69) is 17.3 Å². The average molecular weight is 252 g/mol. The maximum absolute atomic E-state index is 5.78. The number of thiocarbonyl (C=S) groups is 1. The van der Waals surface area contributed by atoms with E-state index >= 15 is 0 Å². The second-order valence-electron chi connectivity index (χ2n) is 5.19. The minimum atomic E-state index is 0.153. The Bertz CT molecular complexity index is 444. The number of hydrogen-bond acceptors (Lipinski definition) is 3. The molecule has 0 unspecified atom stereocenters. The fraction of sp³-hybridized carbons (Fsp3) is 0.667. The number of nitrogens with one attached hydrogen (secondary N) is 1. The highest BCUT2D eigenvalue weighted by Crippen LogP contribution is 2.33. The molecular weight excluding hydrogens is 232 g/mol. The minimum absolute atomic E-state index is 0.153. The molecule has 1 aromatic rings. The SMILES string of the molecule is Cc1nn(C)c(NC2(C)CCCC2)c1C(N)=S. The summed E-state index contributed by atoms with van der Waals surface area (Å²) in [4.78, 5) is 0.416. The lowest BCUT2D eigenvalue weighted by molar-refractivity contribution is 0.525. The number of rotatable bonds is 3. The molecule has 0 spiro atoms. The minimum Gasteiger partial charge on any atom is -0.389 e. The van der Waals surface area contributed by atoms with E-state index in [-0.39, 0.29) is 5.54 Å². The number of nitrogens with two attached hydrogens (primary N) is 1. The van der Waals surface area contributed by atoms with E-state index in [9.17, 15) is 0 Å². The van der Waals surface area contributed by atoms with Gasteiger partial charge in [0.25, 0.3) is 0 Å². The molecule has 3 N–H and O–H groups in total. The van der Waals surface area contributed by atoms with Crippen molar-refractivity contribution in [3.63, 3.8) is 0 Å². The van der Waals surface area contributed by atoms with Gasteiger partial charge in [0, 0.05) is 12.6 Å². The number of anilines is 1. The van der Waals surface area contributed by atoms with E-state index in [1.807, 2.05) is 18.7 Å². The van der Waals surface area contributed by atoms with Crippen LogP contribution in [0.5, 0.6) is 0 Å². The molecule has 0 bridgehead atoms. The average Bonchev–Trinajstić information content (AvgIpc) is 2.73. The third-order valence-corrected chi connectivity index (χ3v) is 3.80. The van der Waals surface area contributed by atoms with Crippen LogP contribution >= 0.6 is 12.2 Å². The topological polar surface area (TPSA) is 55.9 Å². The Morgan fingerprint density at radius 3 is 2.59 bits per heavy atom. The molecule has 1 heterocycles. The first-order valence-electron chi connectivity index (χ1n) is 6.04. The van der Waals surface area contributed by atoms with Crippen LogP contribution in [0.4, 0.5) is 5.82 Å². The summed E-state index contributed by atoms with van der Waals surface area (Å²) in [6.07, 6.45) is 4.94. The van der Waals surface area contributed by atoms with Crippen molar-refractivity contribution in [2.24, 2.45) is 12.8 Å². The number of aryl methyl sites for hydroxylation is 2. The molecule has 0 aromatic carbocycles. The lowest BCUT2D eigenvalue weighted by atomic mass is 10.0. The van der Waals surface area contributed by atoms with Crippen molar-refractivity contribution in [2.75, 3.05) is 5.32 Å². The van der Waals surface area contributed by atoms with Crippen LogP contribution in [0.1, 0.15) is 43.9 Å². The quantitative estimate of drug-likeness (QED) is 0.809. The van der Waals surface area contributed by atoms with Gasteiger partial charge in [-0.15, -0.1) is 0 Å². The summed E-state index contributed by atoms with van der Waals surface area (Å²) >= 11 is 5.11. The third kappa shape index (κ3) is 2.29. The molecule has 0 amide bonds. The van der Waals surface area contributed by atoms with Gasteiger partial charge in [0.2, 0.25) is 0 Å². The number of aromatic nitrogens is 2. The normalized spacial score (nSPS) is 18.3. The van der Waals surface area contributed by atoms with Gasteiger partial charge in [0.05, 0.1) is 11.3 Å². The molecule has 0 aliphatic heterocycles. The fourth-order valence-corrected chi connectivity index (χ4v) is 2.91. The first-order valence-corrected chi connectivity index (χ1v) is 6.45. The molecule has 4 nitrogen and oxygen atoms in total. The van der Waals surface area contributed by atoms with Crippen LogP contribution in [0.2, 0.25) is 0 Å². The molecule has 1 aliphatic rings. The molecule has 1 saturated carbocycles. The lowest BCUT2D eigenvalue weighted by Gasteiger charge is -2.27. The van der Waals surface area contributed by atoms with Gasteiger partial charge in [-0.05, 0) is 26.7 Å². The molecule has 1 aromatic heterocycles. The van der Waals surface area contributed by atoms with E-state index < -0.39 is 0 Å². The first-order chi connectivity index (χ1) is 7.93. The summed E-state index contributed by atoms with van der Waals surface area (Å²) in [7, 11) is 1.93. The van der Waals surface area contributed by atoms with Gasteiger partial charge in [-0.1, -0.05) is 25.1 Å². The Hall–Kier alpha value is -1.10. The van der Waals surface area contributed by atoms with E-state index in [0.29, 0.717) is 4.99 Å². The number of hydrogen-bond donors (Lipinski definition) is 2. The summed E-state index contributed by atoms with van der Waals surface area (Å²) in [6, 6.07) is 0. The van der Waals surface area contributed by atoms with E-state index in [1.165, 1.54) is 25.7 Å². The van der Waals surface area contributed by atoms with Gasteiger partial charge in [-0.2, -0.15) is 5.10 Å². The fourth-order valence-electron chi connectivity index (χ4n) is 2.66. The lowest BCUT2D eigenvalue weighted by Crippen LogP contribution is -2.33. The zero-order valence-corrected chi connectivity index (χ0v) is 11.5. The molecule has 5 heteroatoms. The molecule has 1 fully saturated rings. The van der Waals surface area contributed by atoms with Gasteiger partial charge in [0.1, 0.15) is 10.8 Å². The summed E-state index contributed by atoms with van der Waals surface area (Å²) in [5, 5.41) is 7.98. The molecule has 0 atom stereocenters. The summed E-state index contributed by atoms with van der Waals surface area (Å²) in [5.41, 5.74) is 7.71. The largest absolute Gasteiger partial charge is 0.389 e. The van der Waals surface area contributed by atoms with Crippen LogP contribution in [0.15, 0.2) is 0 Å². The van der Waals surface area contributed by atoms with E-state index in [0.717, 1.165) is 17.1 Å². The highest BCUT2D eigenvalue weighted by molar-refractivity contribution is 7.80. The maximum atomic E-state index is 5.78. The van der Waals surface area contributed by atoms with Crippen LogP contribution < -0.4 is 11.1 Å². The van der Waals surface area contributed by atoms with Crippen molar-refractivity contribution < 1.29 is 0 Å². The van der Waals surface area contributed by atoms with Gasteiger partial charge in [-0.25, -0.2) is 0 Å². The zero-order chi connectivity index (χ0) is 12.6. The van der Waals surface area contributed by atoms with Crippen molar-refractivity contribution in [1.29, 1.82) is 0 Å². The van der Waals surface area contributed by atoms with Crippen molar-refractivity contribution >= 4 is 23.0 Å². The Balaban J connectivity index is 2.34. The Morgan fingerprint density at radius 1 is 1.47 bits per heavy atom. The predicted octanol–water partition coefficient (Wildman–Crippen LogP) is 2.11. The van der Waals surface area contributed by atoms with Crippen molar-refractivity contribution in [1.82, 2.24) is 9.78 Å². The first kappa shape index (κ1) is 12.4. The number of nitrogens with zero attached hydrogens (tertiary/aromatic N) is 2. The zero-order valence-electron chi connectivity index (χ0n) is 10.7. The Morgan fingerprint density at radius 2 is 2.06 bits per heavy atom. The Kier molecular flexibility index (Phi) is 3.12.